The highest BCUT2D eigenvalue weighted by Crippen LogP contribution is 2.05. The second kappa shape index (κ2) is 7.78. The Morgan fingerprint density at radius 1 is 1.59 bits per heavy atom. The second-order valence-corrected chi connectivity index (χ2v) is 3.51. The van der Waals surface area contributed by atoms with Crippen LogP contribution in [0.5, 0.6) is 0 Å². The van der Waals surface area contributed by atoms with Crippen LogP contribution in [0.25, 0.3) is 0 Å². The Bertz CT molecular complexity index is 367. The van der Waals surface area contributed by atoms with Crippen LogP contribution >= 0.6 is 0 Å². The Hall–Kier alpha value is -1.43. The number of nitrogens with zero attached hydrogens (tertiary/aromatic N) is 1. The molecule has 0 amide bonds. The van der Waals surface area contributed by atoms with Gasteiger partial charge in [0.1, 0.15) is 12.6 Å². The van der Waals surface area contributed by atoms with Gasteiger partial charge in [-0.1, -0.05) is 0 Å². The van der Waals surface area contributed by atoms with Gasteiger partial charge < -0.3 is 20.3 Å². The van der Waals surface area contributed by atoms with Crippen molar-refractivity contribution in [3.8, 4) is 0 Å². The first-order valence-electron chi connectivity index (χ1n) is 5.34. The summed E-state index contributed by atoms with van der Waals surface area (Å²) in [7, 11) is 1.58. The van der Waals surface area contributed by atoms with E-state index in [4.69, 9.17) is 15.2 Å². The molecular weight excluding hydrogens is 220 g/mol. The van der Waals surface area contributed by atoms with Crippen LogP contribution in [0, 0.1) is 0 Å². The summed E-state index contributed by atoms with van der Waals surface area (Å²) in [6, 6.07) is 3.81. The Morgan fingerprint density at radius 3 is 3.12 bits per heavy atom. The lowest BCUT2D eigenvalue weighted by Crippen LogP contribution is -2.03. The van der Waals surface area contributed by atoms with Crippen molar-refractivity contribution in [1.29, 1.82) is 0 Å². The Balaban J connectivity index is 2.53. The van der Waals surface area contributed by atoms with Crippen molar-refractivity contribution in [3.05, 3.63) is 41.4 Å². The van der Waals surface area contributed by atoms with Crippen molar-refractivity contribution in [2.75, 3.05) is 20.4 Å². The van der Waals surface area contributed by atoms with Crippen molar-refractivity contribution >= 4 is 0 Å². The van der Waals surface area contributed by atoms with Gasteiger partial charge in [-0.15, -0.1) is 0 Å². The highest BCUT2D eigenvalue weighted by molar-refractivity contribution is 5.18. The average Bonchev–Trinajstić information content (AvgIpc) is 2.37. The molecular formula is C12H18N2O3. The van der Waals surface area contributed by atoms with E-state index in [1.54, 1.807) is 19.4 Å². The maximum atomic E-state index is 9.23. The maximum Gasteiger partial charge on any atom is 0.146 e. The first kappa shape index (κ1) is 13.6. The first-order chi connectivity index (χ1) is 8.26. The molecule has 1 rings (SSSR count). The van der Waals surface area contributed by atoms with Crippen LogP contribution in [0.15, 0.2) is 30.2 Å². The van der Waals surface area contributed by atoms with Crippen LogP contribution in [0.1, 0.15) is 11.3 Å². The van der Waals surface area contributed by atoms with Crippen LogP contribution in [0.2, 0.25) is 0 Å². The molecule has 1 heterocycles. The molecule has 5 nitrogen and oxygen atoms in total. The minimum absolute atomic E-state index is 0.149. The number of ether oxygens (including phenoxy) is 2. The van der Waals surface area contributed by atoms with Crippen molar-refractivity contribution < 1.29 is 14.6 Å². The van der Waals surface area contributed by atoms with Gasteiger partial charge in [0, 0.05) is 25.4 Å². The predicted molar refractivity (Wildman–Crippen MR) is 64.4 cm³/mol. The third-order valence-electron chi connectivity index (χ3n) is 2.11. The quantitative estimate of drug-likeness (QED) is 0.423. The third-order valence-corrected chi connectivity index (χ3v) is 2.11. The van der Waals surface area contributed by atoms with Crippen molar-refractivity contribution in [3.63, 3.8) is 0 Å². The summed E-state index contributed by atoms with van der Waals surface area (Å²) in [6.07, 6.45) is 3.93. The number of nitrogens with two attached hydrogens (primary N) is 1. The number of methoxy groups -OCH3 is 1. The normalized spacial score (nSPS) is 11.8. The number of hydrogen-bond donors (Lipinski definition) is 2. The summed E-state index contributed by atoms with van der Waals surface area (Å²) in [5, 5.41) is 9.23. The summed E-state index contributed by atoms with van der Waals surface area (Å²) in [4.78, 5) is 4.19. The molecule has 94 valence electrons. The second-order valence-electron chi connectivity index (χ2n) is 3.51. The summed E-state index contributed by atoms with van der Waals surface area (Å²) in [5.74, 6) is 0.174. The van der Waals surface area contributed by atoms with E-state index >= 15 is 0 Å². The molecule has 0 aromatic carbocycles. The SMILES string of the molecule is COCOCc1ccnc(C/C=C(/O)CN)c1. The van der Waals surface area contributed by atoms with E-state index < -0.39 is 0 Å². The minimum atomic E-state index is 0.149. The van der Waals surface area contributed by atoms with Crippen molar-refractivity contribution in [2.45, 2.75) is 13.0 Å². The monoisotopic (exact) mass is 238 g/mol. The standard InChI is InChI=1S/C12H18N2O3/c1-16-9-17-8-10-4-5-14-11(6-10)2-3-12(15)7-13/h3-6,15H,2,7-9,13H2,1H3/b12-3+. The first-order valence-corrected chi connectivity index (χ1v) is 5.34. The number of hydrogen-bond acceptors (Lipinski definition) is 5. The Labute approximate surface area is 101 Å². The largest absolute Gasteiger partial charge is 0.511 e. The maximum absolute atomic E-state index is 9.23. The van der Waals surface area contributed by atoms with E-state index in [0.29, 0.717) is 13.0 Å². The summed E-state index contributed by atoms with van der Waals surface area (Å²) < 4.78 is 10.0. The molecule has 0 radical (unpaired) electrons. The van der Waals surface area contributed by atoms with Crippen LogP contribution in [-0.2, 0) is 22.5 Å². The van der Waals surface area contributed by atoms with E-state index in [0.717, 1.165) is 11.3 Å². The number of aliphatic hydroxyl groups is 1. The highest BCUT2D eigenvalue weighted by atomic mass is 16.7. The Morgan fingerprint density at radius 2 is 2.41 bits per heavy atom. The lowest BCUT2D eigenvalue weighted by atomic mass is 10.2. The summed E-state index contributed by atoms with van der Waals surface area (Å²) in [6.45, 7) is 0.901. The zero-order valence-corrected chi connectivity index (χ0v) is 9.93. The van der Waals surface area contributed by atoms with E-state index in [2.05, 4.69) is 4.98 Å². The molecule has 0 saturated heterocycles. The fourth-order valence-corrected chi connectivity index (χ4v) is 1.28. The van der Waals surface area contributed by atoms with E-state index in [9.17, 15) is 5.11 Å². The molecule has 0 fully saturated rings. The van der Waals surface area contributed by atoms with Gasteiger partial charge in [0.05, 0.1) is 13.2 Å². The summed E-state index contributed by atoms with van der Waals surface area (Å²) >= 11 is 0. The Kier molecular flexibility index (Phi) is 6.24. The van der Waals surface area contributed by atoms with Gasteiger partial charge >= 0.3 is 0 Å². The summed E-state index contributed by atoms with van der Waals surface area (Å²) in [5.41, 5.74) is 7.16. The molecule has 0 atom stereocenters. The highest BCUT2D eigenvalue weighted by Gasteiger charge is 1.98. The lowest BCUT2D eigenvalue weighted by molar-refractivity contribution is -0.0391. The van der Waals surface area contributed by atoms with Crippen LogP contribution in [0.4, 0.5) is 0 Å². The van der Waals surface area contributed by atoms with Gasteiger partial charge in [0.25, 0.3) is 0 Å². The molecule has 17 heavy (non-hydrogen) atoms. The molecule has 0 aliphatic rings. The molecule has 0 aliphatic heterocycles. The van der Waals surface area contributed by atoms with E-state index in [1.165, 1.54) is 0 Å². The van der Waals surface area contributed by atoms with Crippen molar-refractivity contribution in [1.82, 2.24) is 4.98 Å². The number of rotatable bonds is 7. The molecule has 1 aromatic rings. The smallest absolute Gasteiger partial charge is 0.146 e. The predicted octanol–water partition coefficient (Wildman–Crippen LogP) is 1.15. The third kappa shape index (κ3) is 5.44. The zero-order valence-electron chi connectivity index (χ0n) is 9.93. The molecule has 5 heteroatoms. The molecule has 0 spiro atoms. The van der Waals surface area contributed by atoms with E-state index in [-0.39, 0.29) is 19.1 Å². The van der Waals surface area contributed by atoms with Gasteiger partial charge in [-0.2, -0.15) is 0 Å². The molecule has 0 saturated carbocycles. The number of allylic oxidation sites excluding steroid dienone is 1. The van der Waals surface area contributed by atoms with Crippen LogP contribution < -0.4 is 5.73 Å². The van der Waals surface area contributed by atoms with Gasteiger partial charge in [-0.3, -0.25) is 4.98 Å². The lowest BCUT2D eigenvalue weighted by Gasteiger charge is -2.04. The number of pyridine rings is 1. The molecule has 0 bridgehead atoms. The van der Waals surface area contributed by atoms with Crippen LogP contribution in [-0.4, -0.2) is 30.5 Å². The van der Waals surface area contributed by atoms with E-state index in [1.807, 2.05) is 12.1 Å². The molecule has 3 N–H and O–H groups in total. The molecule has 1 aromatic heterocycles. The fourth-order valence-electron chi connectivity index (χ4n) is 1.28. The molecule has 0 aliphatic carbocycles. The average molecular weight is 238 g/mol. The minimum Gasteiger partial charge on any atom is -0.511 e. The fraction of sp³-hybridized carbons (Fsp3) is 0.417. The zero-order chi connectivity index (χ0) is 12.5. The number of aromatic nitrogens is 1. The molecule has 0 unspecified atom stereocenters. The van der Waals surface area contributed by atoms with Gasteiger partial charge in [0.15, 0.2) is 0 Å². The number of aliphatic hydroxyl groups excluding tert-OH is 1. The van der Waals surface area contributed by atoms with Gasteiger partial charge in [0.2, 0.25) is 0 Å². The van der Waals surface area contributed by atoms with Gasteiger partial charge in [-0.05, 0) is 23.8 Å². The topological polar surface area (TPSA) is 77.6 Å². The van der Waals surface area contributed by atoms with Gasteiger partial charge in [-0.25, -0.2) is 0 Å². The van der Waals surface area contributed by atoms with Crippen molar-refractivity contribution in [2.24, 2.45) is 5.73 Å². The van der Waals surface area contributed by atoms with Crippen LogP contribution in [0.3, 0.4) is 0 Å².